The smallest absolute Gasteiger partial charge is 0.0994 e. The van der Waals surface area contributed by atoms with E-state index in [4.69, 9.17) is 5.26 Å². The predicted octanol–water partition coefficient (Wildman–Crippen LogP) is 3.95. The summed E-state index contributed by atoms with van der Waals surface area (Å²) in [7, 11) is 0. The fourth-order valence-electron chi connectivity index (χ4n) is 2.17. The van der Waals surface area contributed by atoms with Crippen LogP contribution in [0.15, 0.2) is 18.2 Å². The summed E-state index contributed by atoms with van der Waals surface area (Å²) in [6.07, 6.45) is 3.94. The van der Waals surface area contributed by atoms with Gasteiger partial charge in [-0.15, -0.1) is 0 Å². The second-order valence-corrected chi connectivity index (χ2v) is 4.74. The van der Waals surface area contributed by atoms with Crippen LogP contribution in [0.3, 0.4) is 0 Å². The summed E-state index contributed by atoms with van der Waals surface area (Å²) >= 11 is 0. The van der Waals surface area contributed by atoms with E-state index in [9.17, 15) is 0 Å². The van der Waals surface area contributed by atoms with E-state index < -0.39 is 0 Å². The first-order valence-electron chi connectivity index (χ1n) is 5.76. The largest absolute Gasteiger partial charge is 0.192 e. The monoisotopic (exact) mass is 199 g/mol. The van der Waals surface area contributed by atoms with Crippen molar-refractivity contribution in [2.45, 2.75) is 44.9 Å². The van der Waals surface area contributed by atoms with E-state index in [2.05, 4.69) is 38.1 Å². The third-order valence-electron chi connectivity index (χ3n) is 3.40. The maximum atomic E-state index is 9.11. The van der Waals surface area contributed by atoms with Crippen molar-refractivity contribution in [1.82, 2.24) is 0 Å². The molecule has 1 heteroatoms. The predicted molar refractivity (Wildman–Crippen MR) is 61.8 cm³/mol. The summed E-state index contributed by atoms with van der Waals surface area (Å²) in [5, 5.41) is 9.11. The Morgan fingerprint density at radius 2 is 2.07 bits per heavy atom. The zero-order valence-corrected chi connectivity index (χ0v) is 9.46. The maximum absolute atomic E-state index is 9.11. The summed E-state index contributed by atoms with van der Waals surface area (Å²) in [6, 6.07) is 8.76. The normalized spacial score (nSPS) is 16.1. The van der Waals surface area contributed by atoms with Crippen LogP contribution in [-0.4, -0.2) is 0 Å². The molecular formula is C14H17N. The van der Waals surface area contributed by atoms with Crippen LogP contribution in [0, 0.1) is 11.3 Å². The lowest BCUT2D eigenvalue weighted by molar-refractivity contribution is 0.419. The Labute approximate surface area is 91.7 Å². The zero-order chi connectivity index (χ0) is 10.8. The average Bonchev–Trinajstić information content (AvgIpc) is 2.14. The molecule has 0 heterocycles. The van der Waals surface area contributed by atoms with Gasteiger partial charge in [-0.3, -0.25) is 0 Å². The fourth-order valence-corrected chi connectivity index (χ4v) is 2.17. The molecule has 1 aromatic rings. The van der Waals surface area contributed by atoms with Gasteiger partial charge in [-0.25, -0.2) is 0 Å². The van der Waals surface area contributed by atoms with Crippen molar-refractivity contribution < 1.29 is 0 Å². The Hall–Kier alpha value is -1.29. The second-order valence-electron chi connectivity index (χ2n) is 4.74. The number of rotatable bonds is 2. The molecule has 1 fully saturated rings. The lowest BCUT2D eigenvalue weighted by Crippen LogP contribution is -2.09. The van der Waals surface area contributed by atoms with Crippen molar-refractivity contribution in [1.29, 1.82) is 5.26 Å². The molecule has 1 aliphatic rings. The molecule has 1 aliphatic carbocycles. The van der Waals surface area contributed by atoms with E-state index >= 15 is 0 Å². The van der Waals surface area contributed by atoms with Gasteiger partial charge in [0.25, 0.3) is 0 Å². The van der Waals surface area contributed by atoms with Crippen LogP contribution in [-0.2, 0) is 0 Å². The first kappa shape index (κ1) is 10.2. The number of hydrogen-bond acceptors (Lipinski definition) is 1. The molecule has 1 aromatic carbocycles. The van der Waals surface area contributed by atoms with E-state index in [-0.39, 0.29) is 0 Å². The third-order valence-corrected chi connectivity index (χ3v) is 3.40. The molecule has 0 atom stereocenters. The third kappa shape index (κ3) is 1.90. The first-order chi connectivity index (χ1) is 7.22. The SMILES string of the molecule is CC(C)c1ccc(C2CCC2)cc1C#N. The van der Waals surface area contributed by atoms with E-state index in [1.165, 1.54) is 30.4 Å². The lowest BCUT2D eigenvalue weighted by atomic mass is 9.79. The van der Waals surface area contributed by atoms with Crippen LogP contribution >= 0.6 is 0 Å². The van der Waals surface area contributed by atoms with Crippen LogP contribution in [0.1, 0.15) is 61.6 Å². The Balaban J connectivity index is 2.34. The van der Waals surface area contributed by atoms with Gasteiger partial charge in [0.15, 0.2) is 0 Å². The summed E-state index contributed by atoms with van der Waals surface area (Å²) in [4.78, 5) is 0. The molecule has 15 heavy (non-hydrogen) atoms. The zero-order valence-electron chi connectivity index (χ0n) is 9.46. The molecule has 0 unspecified atom stereocenters. The van der Waals surface area contributed by atoms with Crippen molar-refractivity contribution in [2.75, 3.05) is 0 Å². The molecule has 1 saturated carbocycles. The molecule has 78 valence electrons. The molecule has 0 radical (unpaired) electrons. The fraction of sp³-hybridized carbons (Fsp3) is 0.500. The van der Waals surface area contributed by atoms with Crippen LogP contribution in [0.5, 0.6) is 0 Å². The minimum absolute atomic E-state index is 0.440. The highest BCUT2D eigenvalue weighted by atomic mass is 14.3. The van der Waals surface area contributed by atoms with Gasteiger partial charge in [0.1, 0.15) is 0 Å². The van der Waals surface area contributed by atoms with E-state index in [0.717, 1.165) is 11.5 Å². The number of nitriles is 1. The lowest BCUT2D eigenvalue weighted by Gasteiger charge is -2.26. The minimum atomic E-state index is 0.440. The topological polar surface area (TPSA) is 23.8 Å². The molecule has 0 amide bonds. The molecule has 0 N–H and O–H groups in total. The molecule has 0 saturated heterocycles. The van der Waals surface area contributed by atoms with E-state index in [1.54, 1.807) is 0 Å². The Bertz CT molecular complexity index is 394. The Morgan fingerprint density at radius 3 is 2.53 bits per heavy atom. The van der Waals surface area contributed by atoms with E-state index in [1.807, 2.05) is 0 Å². The number of benzene rings is 1. The van der Waals surface area contributed by atoms with Gasteiger partial charge in [0, 0.05) is 0 Å². The molecular weight excluding hydrogens is 182 g/mol. The van der Waals surface area contributed by atoms with Crippen molar-refractivity contribution >= 4 is 0 Å². The van der Waals surface area contributed by atoms with Gasteiger partial charge in [-0.2, -0.15) is 5.26 Å². The van der Waals surface area contributed by atoms with Gasteiger partial charge >= 0.3 is 0 Å². The van der Waals surface area contributed by atoms with Crippen LogP contribution < -0.4 is 0 Å². The maximum Gasteiger partial charge on any atom is 0.0994 e. The first-order valence-corrected chi connectivity index (χ1v) is 5.76. The highest BCUT2D eigenvalue weighted by molar-refractivity contribution is 5.43. The minimum Gasteiger partial charge on any atom is -0.192 e. The number of nitrogens with zero attached hydrogens (tertiary/aromatic N) is 1. The van der Waals surface area contributed by atoms with Gasteiger partial charge in [-0.1, -0.05) is 32.4 Å². The van der Waals surface area contributed by atoms with Gasteiger partial charge < -0.3 is 0 Å². The highest BCUT2D eigenvalue weighted by Gasteiger charge is 2.20. The second kappa shape index (κ2) is 4.06. The number of hydrogen-bond donors (Lipinski definition) is 0. The highest BCUT2D eigenvalue weighted by Crippen LogP contribution is 2.37. The van der Waals surface area contributed by atoms with Crippen molar-refractivity contribution in [3.8, 4) is 6.07 Å². The molecule has 1 nitrogen and oxygen atoms in total. The summed E-state index contributed by atoms with van der Waals surface area (Å²) < 4.78 is 0. The van der Waals surface area contributed by atoms with Crippen LogP contribution in [0.4, 0.5) is 0 Å². The quantitative estimate of drug-likeness (QED) is 0.707. The molecule has 0 aliphatic heterocycles. The Morgan fingerprint density at radius 1 is 1.33 bits per heavy atom. The van der Waals surface area contributed by atoms with Gasteiger partial charge in [-0.05, 0) is 41.9 Å². The summed E-state index contributed by atoms with van der Waals surface area (Å²) in [5.41, 5.74) is 3.41. The van der Waals surface area contributed by atoms with E-state index in [0.29, 0.717) is 5.92 Å². The van der Waals surface area contributed by atoms with Crippen molar-refractivity contribution in [3.05, 3.63) is 34.9 Å². The Kier molecular flexibility index (Phi) is 2.77. The molecule has 0 bridgehead atoms. The van der Waals surface area contributed by atoms with Crippen LogP contribution in [0.2, 0.25) is 0 Å². The van der Waals surface area contributed by atoms with Crippen molar-refractivity contribution in [2.24, 2.45) is 0 Å². The molecule has 0 aromatic heterocycles. The van der Waals surface area contributed by atoms with Crippen molar-refractivity contribution in [3.63, 3.8) is 0 Å². The van der Waals surface area contributed by atoms with Gasteiger partial charge in [0.2, 0.25) is 0 Å². The molecule has 2 rings (SSSR count). The summed E-state index contributed by atoms with van der Waals surface area (Å²) in [5.74, 6) is 1.16. The van der Waals surface area contributed by atoms with Gasteiger partial charge in [0.05, 0.1) is 11.6 Å². The molecule has 0 spiro atoms. The summed E-state index contributed by atoms with van der Waals surface area (Å²) in [6.45, 7) is 4.28. The average molecular weight is 199 g/mol. The van der Waals surface area contributed by atoms with Crippen LogP contribution in [0.25, 0.3) is 0 Å². The standard InChI is InChI=1S/C14H17N/c1-10(2)14-7-6-12(8-13(14)9-15)11-4-3-5-11/h6-8,10-11H,3-5H2,1-2H3.